The summed E-state index contributed by atoms with van der Waals surface area (Å²) in [5, 5.41) is 3.25. The standard InChI is InChI=1S/C20H21N3O3S/c1-13(2)17-15(19(25)26-3)21-20(27-17)22-18(24)16(23-11-7-8-12-23)14-9-5-4-6-10-14/h4-13,16H,1-3H3,(H,21,22,24)/t16-/m0/s1. The number of anilines is 1. The predicted molar refractivity (Wildman–Crippen MR) is 105 cm³/mol. The molecular weight excluding hydrogens is 362 g/mol. The molecule has 27 heavy (non-hydrogen) atoms. The third-order valence-corrected chi connectivity index (χ3v) is 5.35. The maximum atomic E-state index is 13.1. The second-order valence-corrected chi connectivity index (χ2v) is 7.34. The molecule has 0 bridgehead atoms. The average Bonchev–Trinajstić information content (AvgIpc) is 3.32. The summed E-state index contributed by atoms with van der Waals surface area (Å²) in [6.45, 7) is 3.94. The van der Waals surface area contributed by atoms with Gasteiger partial charge in [0.2, 0.25) is 0 Å². The summed E-state index contributed by atoms with van der Waals surface area (Å²) >= 11 is 1.30. The zero-order valence-corrected chi connectivity index (χ0v) is 16.2. The lowest BCUT2D eigenvalue weighted by molar-refractivity contribution is -0.118. The highest BCUT2D eigenvalue weighted by Gasteiger charge is 2.26. The minimum absolute atomic E-state index is 0.0941. The number of hydrogen-bond donors (Lipinski definition) is 1. The summed E-state index contributed by atoms with van der Waals surface area (Å²) in [6.07, 6.45) is 3.69. The molecular formula is C20H21N3O3S. The summed E-state index contributed by atoms with van der Waals surface area (Å²) in [7, 11) is 1.32. The molecule has 6 nitrogen and oxygen atoms in total. The van der Waals surface area contributed by atoms with Gasteiger partial charge >= 0.3 is 5.97 Å². The summed E-state index contributed by atoms with van der Waals surface area (Å²) in [6, 6.07) is 12.7. The van der Waals surface area contributed by atoms with Gasteiger partial charge in [-0.15, -0.1) is 11.3 Å². The van der Waals surface area contributed by atoms with Crippen LogP contribution in [0.25, 0.3) is 0 Å². The number of esters is 1. The molecule has 3 aromatic rings. The van der Waals surface area contributed by atoms with Crippen molar-refractivity contribution in [1.82, 2.24) is 9.55 Å². The minimum atomic E-state index is -0.533. The van der Waals surface area contributed by atoms with Crippen molar-refractivity contribution in [2.45, 2.75) is 25.8 Å². The molecule has 0 radical (unpaired) electrons. The first kappa shape index (κ1) is 18.8. The van der Waals surface area contributed by atoms with Crippen LogP contribution in [0.15, 0.2) is 54.9 Å². The number of ether oxygens (including phenoxy) is 1. The Kier molecular flexibility index (Phi) is 5.71. The van der Waals surface area contributed by atoms with Gasteiger partial charge in [0.15, 0.2) is 10.8 Å². The van der Waals surface area contributed by atoms with E-state index in [4.69, 9.17) is 4.74 Å². The Morgan fingerprint density at radius 3 is 2.37 bits per heavy atom. The molecule has 0 spiro atoms. The van der Waals surface area contributed by atoms with Crippen molar-refractivity contribution < 1.29 is 14.3 Å². The van der Waals surface area contributed by atoms with Gasteiger partial charge < -0.3 is 9.30 Å². The van der Waals surface area contributed by atoms with Gasteiger partial charge in [-0.1, -0.05) is 44.2 Å². The monoisotopic (exact) mass is 383 g/mol. The first-order chi connectivity index (χ1) is 13.0. The Bertz CT molecular complexity index is 917. The number of nitrogens with zero attached hydrogens (tertiary/aromatic N) is 2. The third-order valence-electron chi connectivity index (χ3n) is 4.08. The van der Waals surface area contributed by atoms with Crippen LogP contribution in [0.3, 0.4) is 0 Å². The molecule has 1 aromatic carbocycles. The van der Waals surface area contributed by atoms with Gasteiger partial charge in [-0.05, 0) is 23.6 Å². The van der Waals surface area contributed by atoms with Gasteiger partial charge in [0.25, 0.3) is 5.91 Å². The molecule has 0 unspecified atom stereocenters. The number of rotatable bonds is 6. The second kappa shape index (κ2) is 8.18. The zero-order valence-electron chi connectivity index (χ0n) is 15.4. The van der Waals surface area contributed by atoms with E-state index in [0.717, 1.165) is 10.4 Å². The predicted octanol–water partition coefficient (Wildman–Crippen LogP) is 4.08. The van der Waals surface area contributed by atoms with Gasteiger partial charge in [-0.2, -0.15) is 0 Å². The molecule has 1 atom stereocenters. The highest BCUT2D eigenvalue weighted by Crippen LogP contribution is 2.31. The largest absolute Gasteiger partial charge is 0.464 e. The zero-order chi connectivity index (χ0) is 19.4. The van der Waals surface area contributed by atoms with Crippen LogP contribution in [0, 0.1) is 0 Å². The fourth-order valence-electron chi connectivity index (χ4n) is 2.81. The molecule has 140 valence electrons. The van der Waals surface area contributed by atoms with Crippen molar-refractivity contribution >= 4 is 28.3 Å². The molecule has 0 aliphatic rings. The Labute approximate surface area is 161 Å². The van der Waals surface area contributed by atoms with Crippen molar-refractivity contribution in [3.63, 3.8) is 0 Å². The summed E-state index contributed by atoms with van der Waals surface area (Å²) in [5.74, 6) is -0.630. The van der Waals surface area contributed by atoms with E-state index in [0.29, 0.717) is 5.13 Å². The van der Waals surface area contributed by atoms with Crippen molar-refractivity contribution in [2.75, 3.05) is 12.4 Å². The number of nitrogens with one attached hydrogen (secondary N) is 1. The van der Waals surface area contributed by atoms with Crippen LogP contribution < -0.4 is 5.32 Å². The van der Waals surface area contributed by atoms with Gasteiger partial charge in [-0.25, -0.2) is 9.78 Å². The van der Waals surface area contributed by atoms with Crippen LogP contribution in [0.2, 0.25) is 0 Å². The number of methoxy groups -OCH3 is 1. The summed E-state index contributed by atoms with van der Waals surface area (Å²) in [5.41, 5.74) is 1.12. The van der Waals surface area contributed by atoms with Crippen molar-refractivity contribution in [1.29, 1.82) is 0 Å². The van der Waals surface area contributed by atoms with Gasteiger partial charge in [0.1, 0.15) is 6.04 Å². The van der Waals surface area contributed by atoms with E-state index >= 15 is 0 Å². The van der Waals surface area contributed by atoms with E-state index in [9.17, 15) is 9.59 Å². The lowest BCUT2D eigenvalue weighted by atomic mass is 10.1. The van der Waals surface area contributed by atoms with Gasteiger partial charge in [0, 0.05) is 17.3 Å². The van der Waals surface area contributed by atoms with E-state index in [1.807, 2.05) is 73.3 Å². The highest BCUT2D eigenvalue weighted by atomic mass is 32.1. The first-order valence-electron chi connectivity index (χ1n) is 8.58. The quantitative estimate of drug-likeness (QED) is 0.651. The van der Waals surface area contributed by atoms with Crippen LogP contribution in [0.4, 0.5) is 5.13 Å². The maximum Gasteiger partial charge on any atom is 0.357 e. The summed E-state index contributed by atoms with van der Waals surface area (Å²) < 4.78 is 6.65. The Balaban J connectivity index is 1.92. The lowest BCUT2D eigenvalue weighted by Gasteiger charge is -2.18. The third kappa shape index (κ3) is 4.09. The molecule has 0 fully saturated rings. The smallest absolute Gasteiger partial charge is 0.357 e. The molecule has 2 heterocycles. The van der Waals surface area contributed by atoms with E-state index in [-0.39, 0.29) is 17.5 Å². The van der Waals surface area contributed by atoms with Gasteiger partial charge in [-0.3, -0.25) is 10.1 Å². The first-order valence-corrected chi connectivity index (χ1v) is 9.40. The Morgan fingerprint density at radius 2 is 1.78 bits per heavy atom. The lowest BCUT2D eigenvalue weighted by Crippen LogP contribution is -2.26. The topological polar surface area (TPSA) is 73.2 Å². The van der Waals surface area contributed by atoms with E-state index < -0.39 is 12.0 Å². The maximum absolute atomic E-state index is 13.1. The van der Waals surface area contributed by atoms with E-state index in [1.165, 1.54) is 18.4 Å². The second-order valence-electron chi connectivity index (χ2n) is 6.31. The molecule has 2 aromatic heterocycles. The van der Waals surface area contributed by atoms with Gasteiger partial charge in [0.05, 0.1) is 7.11 Å². The normalized spacial score (nSPS) is 12.0. The number of carbonyl (C=O) groups is 2. The molecule has 0 saturated carbocycles. The Hall–Kier alpha value is -2.93. The van der Waals surface area contributed by atoms with E-state index in [2.05, 4.69) is 10.3 Å². The van der Waals surface area contributed by atoms with Crippen molar-refractivity contribution in [2.24, 2.45) is 0 Å². The molecule has 0 saturated heterocycles. The molecule has 1 amide bonds. The molecule has 1 N–H and O–H groups in total. The molecule has 3 rings (SSSR count). The molecule has 7 heteroatoms. The molecule has 0 aliphatic carbocycles. The number of aromatic nitrogens is 2. The van der Waals surface area contributed by atoms with Crippen molar-refractivity contribution in [3.05, 3.63) is 71.0 Å². The van der Waals surface area contributed by atoms with Crippen LogP contribution in [-0.2, 0) is 9.53 Å². The SMILES string of the molecule is COC(=O)c1nc(NC(=O)[C@H](c2ccccc2)n2cccc2)sc1C(C)C. The summed E-state index contributed by atoms with van der Waals surface area (Å²) in [4.78, 5) is 30.1. The van der Waals surface area contributed by atoms with Crippen LogP contribution in [0.5, 0.6) is 0 Å². The highest BCUT2D eigenvalue weighted by molar-refractivity contribution is 7.16. The number of thiazole rings is 1. The molecule has 0 aliphatic heterocycles. The van der Waals surface area contributed by atoms with Crippen LogP contribution in [-0.4, -0.2) is 28.5 Å². The number of benzene rings is 1. The number of hydrogen-bond acceptors (Lipinski definition) is 5. The minimum Gasteiger partial charge on any atom is -0.464 e. The number of amides is 1. The fourth-order valence-corrected chi connectivity index (χ4v) is 3.77. The number of carbonyl (C=O) groups excluding carboxylic acids is 2. The average molecular weight is 383 g/mol. The van der Waals surface area contributed by atoms with Crippen LogP contribution in [0.1, 0.15) is 46.7 Å². The van der Waals surface area contributed by atoms with Crippen LogP contribution >= 0.6 is 11.3 Å². The van der Waals surface area contributed by atoms with Crippen molar-refractivity contribution in [3.8, 4) is 0 Å². The Morgan fingerprint density at radius 1 is 1.11 bits per heavy atom. The fraction of sp³-hybridized carbons (Fsp3) is 0.250. The van der Waals surface area contributed by atoms with E-state index in [1.54, 1.807) is 0 Å².